The van der Waals surface area contributed by atoms with Gasteiger partial charge in [0.2, 0.25) is 5.91 Å². The van der Waals surface area contributed by atoms with Gasteiger partial charge in [-0.3, -0.25) is 9.59 Å². The fourth-order valence-corrected chi connectivity index (χ4v) is 3.25. The molecule has 0 saturated carbocycles. The van der Waals surface area contributed by atoms with Crippen LogP contribution in [-0.4, -0.2) is 43.0 Å². The number of hydrogen-bond donors (Lipinski definition) is 1. The summed E-state index contributed by atoms with van der Waals surface area (Å²) in [6.45, 7) is 4.74. The van der Waals surface area contributed by atoms with Crippen LogP contribution >= 0.6 is 11.3 Å². The molecule has 0 saturated heterocycles. The van der Waals surface area contributed by atoms with Crippen molar-refractivity contribution in [3.8, 4) is 0 Å². The Kier molecular flexibility index (Phi) is 6.20. The summed E-state index contributed by atoms with van der Waals surface area (Å²) < 4.78 is 4.85. The van der Waals surface area contributed by atoms with Gasteiger partial charge >= 0.3 is 5.97 Å². The molecule has 1 N–H and O–H groups in total. The van der Waals surface area contributed by atoms with Crippen molar-refractivity contribution in [2.24, 2.45) is 0 Å². The Hall–Kier alpha value is -1.40. The van der Waals surface area contributed by atoms with E-state index >= 15 is 0 Å². The van der Waals surface area contributed by atoms with Crippen molar-refractivity contribution in [2.75, 3.05) is 26.2 Å². The van der Waals surface area contributed by atoms with Crippen molar-refractivity contribution < 1.29 is 14.3 Å². The molecule has 5 nitrogen and oxygen atoms in total. The van der Waals surface area contributed by atoms with Crippen molar-refractivity contribution in [3.05, 3.63) is 21.9 Å². The maximum absolute atomic E-state index is 12.1. The Morgan fingerprint density at radius 1 is 1.48 bits per heavy atom. The first-order chi connectivity index (χ1) is 10.2. The smallest absolute Gasteiger partial charge is 0.305 e. The summed E-state index contributed by atoms with van der Waals surface area (Å²) in [6, 6.07) is 2.10. The summed E-state index contributed by atoms with van der Waals surface area (Å²) in [5.74, 6) is -0.0466. The second-order valence-corrected chi connectivity index (χ2v) is 6.02. The first kappa shape index (κ1) is 16.0. The van der Waals surface area contributed by atoms with Crippen LogP contribution in [0, 0.1) is 0 Å². The molecule has 1 aliphatic rings. The normalized spacial score (nSPS) is 13.9. The highest BCUT2D eigenvalue weighted by molar-refractivity contribution is 7.10. The number of carbonyl (C=O) groups is 2. The third-order valence-corrected chi connectivity index (χ3v) is 4.50. The van der Waals surface area contributed by atoms with Crippen LogP contribution in [0.5, 0.6) is 0 Å². The highest BCUT2D eigenvalue weighted by Crippen LogP contribution is 2.23. The van der Waals surface area contributed by atoms with Gasteiger partial charge in [0.1, 0.15) is 0 Å². The topological polar surface area (TPSA) is 58.6 Å². The maximum atomic E-state index is 12.1. The van der Waals surface area contributed by atoms with Crippen molar-refractivity contribution in [1.29, 1.82) is 0 Å². The van der Waals surface area contributed by atoms with Gasteiger partial charge in [-0.25, -0.2) is 0 Å². The van der Waals surface area contributed by atoms with Crippen LogP contribution in [-0.2, 0) is 27.3 Å². The first-order valence-corrected chi connectivity index (χ1v) is 8.28. The van der Waals surface area contributed by atoms with Gasteiger partial charge in [0, 0.05) is 24.4 Å². The van der Waals surface area contributed by atoms with Crippen molar-refractivity contribution in [2.45, 2.75) is 32.7 Å². The molecule has 0 aliphatic carbocycles. The average molecular weight is 310 g/mol. The molecular formula is C15H22N2O3S. The number of amides is 1. The van der Waals surface area contributed by atoms with Crippen LogP contribution < -0.4 is 5.32 Å². The molecule has 21 heavy (non-hydrogen) atoms. The molecule has 1 aromatic rings. The third kappa shape index (κ3) is 4.82. The number of carbonyl (C=O) groups excluding carboxylic acids is 2. The Morgan fingerprint density at radius 3 is 3.14 bits per heavy atom. The van der Waals surface area contributed by atoms with Crippen LogP contribution in [0.3, 0.4) is 0 Å². The van der Waals surface area contributed by atoms with Gasteiger partial charge in [0.15, 0.2) is 0 Å². The lowest BCUT2D eigenvalue weighted by molar-refractivity contribution is -0.143. The summed E-state index contributed by atoms with van der Waals surface area (Å²) in [6.07, 6.45) is 2.05. The number of thiophene rings is 1. The Bertz CT molecular complexity index is 487. The SMILES string of the molecule is CCOC(=O)CCCNCC(=O)N1CCc2sccc2C1. The summed E-state index contributed by atoms with van der Waals surface area (Å²) in [7, 11) is 0. The second kappa shape index (κ2) is 8.14. The van der Waals surface area contributed by atoms with Gasteiger partial charge in [-0.05, 0) is 43.3 Å². The molecule has 2 rings (SSSR count). The fraction of sp³-hybridized carbons (Fsp3) is 0.600. The first-order valence-electron chi connectivity index (χ1n) is 7.40. The van der Waals surface area contributed by atoms with E-state index in [0.29, 0.717) is 32.5 Å². The highest BCUT2D eigenvalue weighted by atomic mass is 32.1. The largest absolute Gasteiger partial charge is 0.466 e. The van der Waals surface area contributed by atoms with Crippen LogP contribution in [0.2, 0.25) is 0 Å². The van der Waals surface area contributed by atoms with E-state index < -0.39 is 0 Å². The lowest BCUT2D eigenvalue weighted by Crippen LogP contribution is -2.41. The van der Waals surface area contributed by atoms with E-state index in [9.17, 15) is 9.59 Å². The lowest BCUT2D eigenvalue weighted by Gasteiger charge is -2.27. The molecule has 0 unspecified atom stereocenters. The summed E-state index contributed by atoms with van der Waals surface area (Å²) in [4.78, 5) is 26.6. The zero-order chi connectivity index (χ0) is 15.1. The zero-order valence-corrected chi connectivity index (χ0v) is 13.2. The van der Waals surface area contributed by atoms with E-state index in [1.54, 1.807) is 18.3 Å². The Labute approximate surface area is 129 Å². The molecule has 0 spiro atoms. The molecule has 1 aromatic heterocycles. The number of nitrogens with one attached hydrogen (secondary N) is 1. The van der Waals surface area contributed by atoms with Crippen LogP contribution in [0.1, 0.15) is 30.2 Å². The van der Waals surface area contributed by atoms with E-state index in [1.165, 1.54) is 10.4 Å². The molecule has 1 amide bonds. The maximum Gasteiger partial charge on any atom is 0.305 e. The van der Waals surface area contributed by atoms with E-state index in [0.717, 1.165) is 19.5 Å². The zero-order valence-electron chi connectivity index (χ0n) is 12.4. The van der Waals surface area contributed by atoms with Crippen LogP contribution in [0.15, 0.2) is 11.4 Å². The molecule has 0 bridgehead atoms. The number of esters is 1. The van der Waals surface area contributed by atoms with E-state index in [-0.39, 0.29) is 11.9 Å². The molecule has 2 heterocycles. The van der Waals surface area contributed by atoms with Gasteiger partial charge in [-0.1, -0.05) is 0 Å². The molecule has 0 fully saturated rings. The van der Waals surface area contributed by atoms with Gasteiger partial charge in [-0.2, -0.15) is 0 Å². The molecular weight excluding hydrogens is 288 g/mol. The van der Waals surface area contributed by atoms with Crippen LogP contribution in [0.4, 0.5) is 0 Å². The molecule has 0 aromatic carbocycles. The van der Waals surface area contributed by atoms with Gasteiger partial charge in [0.25, 0.3) is 0 Å². The quantitative estimate of drug-likeness (QED) is 0.613. The summed E-state index contributed by atoms with van der Waals surface area (Å²) in [5.41, 5.74) is 1.28. The van der Waals surface area contributed by atoms with Crippen LogP contribution in [0.25, 0.3) is 0 Å². The monoisotopic (exact) mass is 310 g/mol. The molecule has 0 atom stereocenters. The number of ether oxygens (including phenoxy) is 1. The lowest BCUT2D eigenvalue weighted by atomic mass is 10.1. The Morgan fingerprint density at radius 2 is 2.33 bits per heavy atom. The van der Waals surface area contributed by atoms with Crippen molar-refractivity contribution in [3.63, 3.8) is 0 Å². The predicted octanol–water partition coefficient (Wildman–Crippen LogP) is 1.57. The number of fused-ring (bicyclic) bond motifs is 1. The van der Waals surface area contributed by atoms with E-state index in [2.05, 4.69) is 16.8 Å². The summed E-state index contributed by atoms with van der Waals surface area (Å²) in [5, 5.41) is 5.19. The third-order valence-electron chi connectivity index (χ3n) is 3.48. The fourth-order valence-electron chi connectivity index (χ4n) is 2.36. The molecule has 0 radical (unpaired) electrons. The average Bonchev–Trinajstić information content (AvgIpc) is 2.94. The minimum absolute atomic E-state index is 0.128. The molecule has 6 heteroatoms. The number of hydrogen-bond acceptors (Lipinski definition) is 5. The highest BCUT2D eigenvalue weighted by Gasteiger charge is 2.20. The van der Waals surface area contributed by atoms with Gasteiger partial charge < -0.3 is 15.0 Å². The second-order valence-electron chi connectivity index (χ2n) is 5.02. The minimum Gasteiger partial charge on any atom is -0.466 e. The Balaban J connectivity index is 1.61. The van der Waals surface area contributed by atoms with Gasteiger partial charge in [-0.15, -0.1) is 11.3 Å². The standard InChI is InChI=1S/C15H22N2O3S/c1-2-20-15(19)4-3-7-16-10-14(18)17-8-5-13-12(11-17)6-9-21-13/h6,9,16H,2-5,7-8,10-11H2,1H3. The predicted molar refractivity (Wildman–Crippen MR) is 82.2 cm³/mol. The van der Waals surface area contributed by atoms with Gasteiger partial charge in [0.05, 0.1) is 13.2 Å². The molecule has 1 aliphatic heterocycles. The van der Waals surface area contributed by atoms with E-state index in [1.807, 2.05) is 4.90 Å². The summed E-state index contributed by atoms with van der Waals surface area (Å²) >= 11 is 1.77. The number of nitrogens with zero attached hydrogens (tertiary/aromatic N) is 1. The minimum atomic E-state index is -0.174. The van der Waals surface area contributed by atoms with Crippen molar-refractivity contribution in [1.82, 2.24) is 10.2 Å². The van der Waals surface area contributed by atoms with E-state index in [4.69, 9.17) is 4.74 Å². The molecule has 116 valence electrons. The number of rotatable bonds is 7. The van der Waals surface area contributed by atoms with Crippen molar-refractivity contribution >= 4 is 23.2 Å².